The molecule has 0 atom stereocenters. The molecule has 1 aliphatic rings. The van der Waals surface area contributed by atoms with Gasteiger partial charge < -0.3 is 15.2 Å². The number of carbonyl (C=O) groups excluding carboxylic acids is 1. The topological polar surface area (TPSA) is 52.2 Å². The Morgan fingerprint density at radius 2 is 2.00 bits per heavy atom. The molecule has 0 amide bonds. The van der Waals surface area contributed by atoms with Crippen LogP contribution >= 0.6 is 11.8 Å². The number of anilines is 1. The summed E-state index contributed by atoms with van der Waals surface area (Å²) in [5.41, 5.74) is 4.36. The molecule has 0 fully saturated rings. The molecular weight excluding hydrogens is 294 g/mol. The van der Waals surface area contributed by atoms with Crippen molar-refractivity contribution in [2.45, 2.75) is 30.1 Å². The lowest BCUT2D eigenvalue weighted by molar-refractivity contribution is -0.255. The number of allylic oxidation sites excluding steroid dienone is 1. The Morgan fingerprint density at radius 1 is 1.23 bits per heavy atom. The van der Waals surface area contributed by atoms with Crippen molar-refractivity contribution < 1.29 is 9.90 Å². The molecule has 0 aromatic heterocycles. The van der Waals surface area contributed by atoms with E-state index in [1.807, 2.05) is 6.07 Å². The molecular formula is C18H16NO2S-. The third-order valence-electron chi connectivity index (χ3n) is 3.54. The van der Waals surface area contributed by atoms with Crippen LogP contribution in [0.4, 0.5) is 5.69 Å². The molecule has 1 N–H and O–H groups in total. The van der Waals surface area contributed by atoms with Gasteiger partial charge in [-0.3, -0.25) is 0 Å². The maximum absolute atomic E-state index is 11.1. The normalized spacial score (nSPS) is 14.7. The van der Waals surface area contributed by atoms with Gasteiger partial charge in [-0.05, 0) is 43.2 Å². The molecule has 0 saturated heterocycles. The van der Waals surface area contributed by atoms with E-state index >= 15 is 0 Å². The number of aromatic carboxylic acids is 1. The fourth-order valence-electron chi connectivity index (χ4n) is 2.48. The summed E-state index contributed by atoms with van der Waals surface area (Å²) in [7, 11) is 0. The summed E-state index contributed by atoms with van der Waals surface area (Å²) >= 11 is 1.65. The molecule has 0 unspecified atom stereocenters. The first-order valence-corrected chi connectivity index (χ1v) is 8.01. The van der Waals surface area contributed by atoms with Gasteiger partial charge in [0.15, 0.2) is 0 Å². The van der Waals surface area contributed by atoms with Gasteiger partial charge >= 0.3 is 0 Å². The van der Waals surface area contributed by atoms with Crippen molar-refractivity contribution in [1.82, 2.24) is 0 Å². The molecule has 3 nitrogen and oxygen atoms in total. The summed E-state index contributed by atoms with van der Waals surface area (Å²) in [5.74, 6) is -1.16. The predicted octanol–water partition coefficient (Wildman–Crippen LogP) is 3.69. The average molecular weight is 310 g/mol. The summed E-state index contributed by atoms with van der Waals surface area (Å²) in [4.78, 5) is 13.3. The summed E-state index contributed by atoms with van der Waals surface area (Å²) < 4.78 is 0. The molecule has 2 aromatic rings. The first-order valence-electron chi connectivity index (χ1n) is 7.20. The van der Waals surface area contributed by atoms with Crippen LogP contribution < -0.4 is 10.4 Å². The third kappa shape index (κ3) is 2.74. The zero-order valence-electron chi connectivity index (χ0n) is 12.5. The largest absolute Gasteiger partial charge is 0.545 e. The number of fused-ring (bicyclic) bond motifs is 2. The smallest absolute Gasteiger partial charge is 0.0716 e. The number of carboxylic acid groups (broad SMARTS) is 1. The molecule has 0 radical (unpaired) electrons. The van der Waals surface area contributed by atoms with Crippen LogP contribution in [-0.2, 0) is 0 Å². The Bertz CT molecular complexity index is 781. The van der Waals surface area contributed by atoms with E-state index in [9.17, 15) is 9.90 Å². The number of benzene rings is 2. The summed E-state index contributed by atoms with van der Waals surface area (Å²) in [6.45, 7) is 4.15. The lowest BCUT2D eigenvalue weighted by atomic mass is 10.1. The van der Waals surface area contributed by atoms with E-state index in [0.717, 1.165) is 33.2 Å². The van der Waals surface area contributed by atoms with Crippen LogP contribution in [0, 0.1) is 6.92 Å². The second kappa shape index (κ2) is 5.89. The average Bonchev–Trinajstić information content (AvgIpc) is 2.63. The van der Waals surface area contributed by atoms with Crippen LogP contribution in [-0.4, -0.2) is 5.97 Å². The Kier molecular flexibility index (Phi) is 3.94. The van der Waals surface area contributed by atoms with Crippen LogP contribution in [0.5, 0.6) is 0 Å². The molecule has 0 bridgehead atoms. The highest BCUT2D eigenvalue weighted by molar-refractivity contribution is 7.99. The summed E-state index contributed by atoms with van der Waals surface area (Å²) in [5, 5.41) is 14.5. The van der Waals surface area contributed by atoms with Gasteiger partial charge in [-0.2, -0.15) is 0 Å². The van der Waals surface area contributed by atoms with Crippen LogP contribution in [0.15, 0.2) is 52.3 Å². The van der Waals surface area contributed by atoms with Crippen LogP contribution in [0.25, 0.3) is 5.70 Å². The van der Waals surface area contributed by atoms with Crippen molar-refractivity contribution in [2.24, 2.45) is 0 Å². The first kappa shape index (κ1) is 14.7. The van der Waals surface area contributed by atoms with Gasteiger partial charge in [0, 0.05) is 21.1 Å². The number of aryl methyl sites for hydroxylation is 1. The van der Waals surface area contributed by atoms with E-state index < -0.39 is 5.97 Å². The van der Waals surface area contributed by atoms with Crippen molar-refractivity contribution in [3.05, 3.63) is 59.2 Å². The van der Waals surface area contributed by atoms with E-state index in [1.54, 1.807) is 23.9 Å². The zero-order valence-corrected chi connectivity index (χ0v) is 13.3. The minimum Gasteiger partial charge on any atom is -0.545 e. The minimum atomic E-state index is -1.16. The Hall–Kier alpha value is -2.20. The van der Waals surface area contributed by atoms with Crippen LogP contribution in [0.2, 0.25) is 0 Å². The number of hydrogen-bond acceptors (Lipinski definition) is 4. The first-order chi connectivity index (χ1) is 10.6. The molecule has 0 spiro atoms. The molecule has 4 heteroatoms. The van der Waals surface area contributed by atoms with Gasteiger partial charge in [-0.15, -0.1) is 0 Å². The lowest BCUT2D eigenvalue weighted by Crippen LogP contribution is -2.22. The second-order valence-corrected chi connectivity index (χ2v) is 6.33. The van der Waals surface area contributed by atoms with Crippen LogP contribution in [0.3, 0.4) is 0 Å². The Morgan fingerprint density at radius 3 is 2.73 bits per heavy atom. The second-order valence-electron chi connectivity index (χ2n) is 5.25. The van der Waals surface area contributed by atoms with Crippen LogP contribution in [0.1, 0.15) is 34.8 Å². The number of hydrogen-bond donors (Lipinski definition) is 1. The van der Waals surface area contributed by atoms with Gasteiger partial charge in [0.05, 0.1) is 11.7 Å². The lowest BCUT2D eigenvalue weighted by Gasteiger charge is -2.13. The van der Waals surface area contributed by atoms with E-state index in [1.165, 1.54) is 5.56 Å². The van der Waals surface area contributed by atoms with Gasteiger partial charge in [-0.25, -0.2) is 0 Å². The Labute approximate surface area is 134 Å². The molecule has 3 rings (SSSR count). The van der Waals surface area contributed by atoms with E-state index in [2.05, 4.69) is 43.4 Å². The SMILES string of the molecule is CCC=C1Nc2cc(C(=O)[O-])ccc2Sc2ccc(C)cc21. The van der Waals surface area contributed by atoms with Crippen molar-refractivity contribution >= 4 is 29.1 Å². The minimum absolute atomic E-state index is 0.185. The van der Waals surface area contributed by atoms with E-state index in [-0.39, 0.29) is 5.56 Å². The third-order valence-corrected chi connectivity index (χ3v) is 4.69. The number of carboxylic acids is 1. The highest BCUT2D eigenvalue weighted by atomic mass is 32.2. The summed E-state index contributed by atoms with van der Waals surface area (Å²) in [6.07, 6.45) is 3.02. The van der Waals surface area contributed by atoms with Gasteiger partial charge in [0.1, 0.15) is 0 Å². The van der Waals surface area contributed by atoms with E-state index in [0.29, 0.717) is 0 Å². The maximum atomic E-state index is 11.1. The van der Waals surface area contributed by atoms with Gasteiger partial charge in [0.25, 0.3) is 0 Å². The van der Waals surface area contributed by atoms with Crippen molar-refractivity contribution in [2.75, 3.05) is 5.32 Å². The van der Waals surface area contributed by atoms with Crippen molar-refractivity contribution in [3.8, 4) is 0 Å². The monoisotopic (exact) mass is 310 g/mol. The summed E-state index contributed by atoms with van der Waals surface area (Å²) in [6, 6.07) is 11.4. The zero-order chi connectivity index (χ0) is 15.7. The number of carbonyl (C=O) groups is 1. The molecule has 2 aromatic carbocycles. The van der Waals surface area contributed by atoms with Gasteiger partial charge in [0.2, 0.25) is 0 Å². The maximum Gasteiger partial charge on any atom is 0.0716 e. The van der Waals surface area contributed by atoms with Crippen molar-refractivity contribution in [3.63, 3.8) is 0 Å². The standard InChI is InChI=1S/C18H17NO2S/c1-3-4-14-13-9-11(2)5-7-16(13)22-17-8-6-12(18(20)21)10-15(17)19-14/h4-10,19H,3H2,1-2H3,(H,20,21)/p-1. The van der Waals surface area contributed by atoms with E-state index in [4.69, 9.17) is 0 Å². The molecule has 1 aliphatic heterocycles. The molecule has 22 heavy (non-hydrogen) atoms. The van der Waals surface area contributed by atoms with Gasteiger partial charge in [-0.1, -0.05) is 42.5 Å². The van der Waals surface area contributed by atoms with Crippen molar-refractivity contribution in [1.29, 1.82) is 0 Å². The predicted molar refractivity (Wildman–Crippen MR) is 88.0 cm³/mol. The fraction of sp³-hybridized carbons (Fsp3) is 0.167. The highest BCUT2D eigenvalue weighted by Crippen LogP contribution is 2.42. The highest BCUT2D eigenvalue weighted by Gasteiger charge is 2.17. The molecule has 0 aliphatic carbocycles. The molecule has 112 valence electrons. The quantitative estimate of drug-likeness (QED) is 0.919. The Balaban J connectivity index is 2.15. The number of nitrogens with one attached hydrogen (secondary N) is 1. The fourth-order valence-corrected chi connectivity index (χ4v) is 3.49. The molecule has 0 saturated carbocycles. The number of rotatable bonds is 2. The molecule has 1 heterocycles.